The van der Waals surface area contributed by atoms with Gasteiger partial charge in [0.1, 0.15) is 0 Å². The van der Waals surface area contributed by atoms with E-state index in [0.717, 1.165) is 0 Å². The molecule has 0 aromatic heterocycles. The molecule has 2 rings (SSSR count). The van der Waals surface area contributed by atoms with Crippen LogP contribution in [0.3, 0.4) is 0 Å². The van der Waals surface area contributed by atoms with Gasteiger partial charge in [-0.25, -0.2) is 0 Å². The highest BCUT2D eigenvalue weighted by Crippen LogP contribution is 2.22. The summed E-state index contributed by atoms with van der Waals surface area (Å²) in [5, 5.41) is 0.120. The van der Waals surface area contributed by atoms with Crippen molar-refractivity contribution in [3.63, 3.8) is 0 Å². The summed E-state index contributed by atoms with van der Waals surface area (Å²) in [5.74, 6) is -0.117. The minimum absolute atomic E-state index is 0.0586. The Morgan fingerprint density at radius 3 is 1.31 bits per heavy atom. The van der Waals surface area contributed by atoms with E-state index in [0.29, 0.717) is 0 Å². The van der Waals surface area contributed by atoms with Crippen molar-refractivity contribution in [2.75, 3.05) is 0 Å². The van der Waals surface area contributed by atoms with E-state index in [4.69, 9.17) is 23.2 Å². The van der Waals surface area contributed by atoms with Gasteiger partial charge in [-0.3, -0.25) is 9.59 Å². The first-order valence-electron chi connectivity index (χ1n) is 4.30. The lowest BCUT2D eigenvalue weighted by atomic mass is 10.3. The fourth-order valence-corrected chi connectivity index (χ4v) is 2.56. The van der Waals surface area contributed by atoms with Crippen LogP contribution in [0.25, 0.3) is 0 Å². The molecule has 4 nitrogen and oxygen atoms in total. The topological polar surface area (TPSA) is 58.9 Å². The van der Waals surface area contributed by atoms with E-state index < -0.39 is 0 Å². The third-order valence-electron chi connectivity index (χ3n) is 1.73. The minimum Gasteiger partial charge on any atom is -0.290 e. The zero-order valence-corrected chi connectivity index (χ0v) is 11.6. The Labute approximate surface area is 112 Å². The van der Waals surface area contributed by atoms with E-state index in [1.807, 2.05) is 0 Å². The normalized spacial score (nSPS) is 28.5. The van der Waals surface area contributed by atoms with Gasteiger partial charge in [-0.05, 0) is 37.7 Å². The highest BCUT2D eigenvalue weighted by Gasteiger charge is 2.24. The molecule has 8 heteroatoms. The lowest BCUT2D eigenvalue weighted by molar-refractivity contribution is -0.112. The van der Waals surface area contributed by atoms with Gasteiger partial charge in [-0.15, -0.1) is 0 Å². The van der Waals surface area contributed by atoms with E-state index in [9.17, 15) is 9.59 Å². The van der Waals surface area contributed by atoms with Gasteiger partial charge in [0.05, 0.1) is 10.5 Å². The van der Waals surface area contributed by atoms with Crippen molar-refractivity contribution >= 4 is 69.0 Å². The molecule has 2 aliphatic rings. The fourth-order valence-electron chi connectivity index (χ4n) is 0.772. The lowest BCUT2D eigenvalue weighted by Gasteiger charge is -1.89. The first kappa shape index (κ1) is 14.0. The maximum Gasteiger partial charge on any atom is 0.207 e. The highest BCUT2D eigenvalue weighted by molar-refractivity contribution is 8.00. The predicted octanol–water partition coefficient (Wildman–Crippen LogP) is 2.49. The van der Waals surface area contributed by atoms with Crippen LogP contribution in [0, 0.1) is 0 Å². The largest absolute Gasteiger partial charge is 0.290 e. The second-order valence-corrected chi connectivity index (χ2v) is 5.90. The molecule has 0 saturated carbocycles. The zero-order valence-electron chi connectivity index (χ0n) is 8.44. The second-order valence-electron chi connectivity index (χ2n) is 2.99. The van der Waals surface area contributed by atoms with Crippen molar-refractivity contribution in [1.82, 2.24) is 0 Å². The van der Waals surface area contributed by atoms with Crippen LogP contribution in [-0.4, -0.2) is 32.4 Å². The van der Waals surface area contributed by atoms with Crippen molar-refractivity contribution in [3.8, 4) is 0 Å². The third kappa shape index (κ3) is 3.48. The molecule has 0 aromatic carbocycles. The van der Waals surface area contributed by atoms with Crippen molar-refractivity contribution in [1.29, 1.82) is 0 Å². The lowest BCUT2D eigenvalue weighted by Crippen LogP contribution is -2.12. The molecule has 2 heterocycles. The summed E-state index contributed by atoms with van der Waals surface area (Å²) < 4.78 is 7.29. The second kappa shape index (κ2) is 6.05. The van der Waals surface area contributed by atoms with Gasteiger partial charge in [-0.2, -0.15) is 8.80 Å². The smallest absolute Gasteiger partial charge is 0.207 e. The number of carbonyl (C=O) groups is 2. The summed E-state index contributed by atoms with van der Waals surface area (Å²) in [4.78, 5) is 21.2. The maximum atomic E-state index is 10.6. The van der Waals surface area contributed by atoms with Crippen molar-refractivity contribution in [2.45, 2.75) is 24.3 Å². The predicted molar refractivity (Wildman–Crippen MR) is 70.7 cm³/mol. The molecule has 88 valence electrons. The van der Waals surface area contributed by atoms with E-state index >= 15 is 0 Å². The molecule has 0 amide bonds. The Bertz CT molecular complexity index is 348. The Kier molecular flexibility index (Phi) is 5.30. The van der Waals surface area contributed by atoms with Crippen LogP contribution in [0.4, 0.5) is 0 Å². The highest BCUT2D eigenvalue weighted by atomic mass is 35.5. The standard InChI is InChI=1S/2C4H4ClNOS/c2*1-2-3(7)4(5)6-8-2/h2*2H,1H3. The van der Waals surface area contributed by atoms with Crippen LogP contribution in [0.15, 0.2) is 8.80 Å². The molecular weight excluding hydrogens is 291 g/mol. The number of carbonyl (C=O) groups excluding carboxylic acids is 2. The molecule has 0 aliphatic carbocycles. The molecule has 0 bridgehead atoms. The zero-order chi connectivity index (χ0) is 12.3. The van der Waals surface area contributed by atoms with Crippen LogP contribution in [-0.2, 0) is 9.59 Å². The first-order chi connectivity index (χ1) is 7.43. The van der Waals surface area contributed by atoms with Crippen molar-refractivity contribution < 1.29 is 9.59 Å². The molecule has 0 fully saturated rings. The molecule has 0 aromatic rings. The van der Waals surface area contributed by atoms with Crippen LogP contribution < -0.4 is 0 Å². The third-order valence-corrected chi connectivity index (χ3v) is 4.11. The van der Waals surface area contributed by atoms with Crippen LogP contribution >= 0.6 is 47.1 Å². The van der Waals surface area contributed by atoms with Gasteiger partial charge in [0.2, 0.25) is 11.6 Å². The summed E-state index contributed by atoms with van der Waals surface area (Å²) in [6, 6.07) is 0. The summed E-state index contributed by atoms with van der Waals surface area (Å²) in [6.45, 7) is 3.57. The van der Waals surface area contributed by atoms with Gasteiger partial charge in [0.15, 0.2) is 10.3 Å². The molecule has 2 aliphatic heterocycles. The van der Waals surface area contributed by atoms with E-state index in [2.05, 4.69) is 8.80 Å². The Balaban J connectivity index is 0.000000160. The summed E-state index contributed by atoms with van der Waals surface area (Å²) in [7, 11) is 0. The van der Waals surface area contributed by atoms with Crippen molar-refractivity contribution in [3.05, 3.63) is 0 Å². The summed E-state index contributed by atoms with van der Waals surface area (Å²) in [6.07, 6.45) is 0. The quantitative estimate of drug-likeness (QED) is 0.645. The van der Waals surface area contributed by atoms with Gasteiger partial charge < -0.3 is 0 Å². The number of Topliss-reactive ketones (excluding diaryl/α,β-unsaturated/α-hetero) is 2. The summed E-state index contributed by atoms with van der Waals surface area (Å²) in [5.41, 5.74) is 0. The molecule has 16 heavy (non-hydrogen) atoms. The minimum atomic E-state index is -0.0671. The molecule has 0 spiro atoms. The first-order valence-corrected chi connectivity index (χ1v) is 6.73. The average molecular weight is 299 g/mol. The fraction of sp³-hybridized carbons (Fsp3) is 0.500. The van der Waals surface area contributed by atoms with Crippen molar-refractivity contribution in [2.24, 2.45) is 8.80 Å². The van der Waals surface area contributed by atoms with Gasteiger partial charge >= 0.3 is 0 Å². The maximum absolute atomic E-state index is 10.6. The van der Waals surface area contributed by atoms with Gasteiger partial charge in [0.25, 0.3) is 0 Å². The Morgan fingerprint density at radius 2 is 1.25 bits per heavy atom. The molecule has 0 radical (unpaired) electrons. The van der Waals surface area contributed by atoms with Crippen LogP contribution in [0.2, 0.25) is 0 Å². The van der Waals surface area contributed by atoms with E-state index in [-0.39, 0.29) is 32.4 Å². The van der Waals surface area contributed by atoms with E-state index in [1.54, 1.807) is 13.8 Å². The van der Waals surface area contributed by atoms with E-state index in [1.165, 1.54) is 23.9 Å². The Hall–Kier alpha value is -0.0400. The average Bonchev–Trinajstić information content (AvgIpc) is 2.70. The number of rotatable bonds is 0. The number of hydrogen-bond acceptors (Lipinski definition) is 6. The monoisotopic (exact) mass is 298 g/mol. The summed E-state index contributed by atoms with van der Waals surface area (Å²) >= 11 is 13.1. The number of hydrogen-bond donors (Lipinski definition) is 0. The Morgan fingerprint density at radius 1 is 0.938 bits per heavy atom. The molecule has 0 saturated heterocycles. The van der Waals surface area contributed by atoms with Crippen LogP contribution in [0.1, 0.15) is 13.8 Å². The molecule has 2 unspecified atom stereocenters. The molecule has 2 atom stereocenters. The number of nitrogens with zero attached hydrogens (tertiary/aromatic N) is 2. The number of ketones is 2. The SMILES string of the molecule is CC1SN=C(Cl)C1=O.CC1SN=C(Cl)C1=O. The van der Waals surface area contributed by atoms with Gasteiger partial charge in [-0.1, -0.05) is 23.2 Å². The molecule has 0 N–H and O–H groups in total. The number of halogens is 2. The molecular formula is C8H8Cl2N2O2S2. The van der Waals surface area contributed by atoms with Crippen LogP contribution in [0.5, 0.6) is 0 Å². The van der Waals surface area contributed by atoms with Gasteiger partial charge in [0, 0.05) is 0 Å².